The Hall–Kier alpha value is -1.70. The van der Waals surface area contributed by atoms with Crippen molar-refractivity contribution in [3.8, 4) is 5.75 Å². The average molecular weight is 273 g/mol. The minimum absolute atomic E-state index is 0.0312. The third kappa shape index (κ3) is 3.89. The lowest BCUT2D eigenvalue weighted by molar-refractivity contribution is 0.466. The standard InChI is InChI=1S/C18H27NO/c1-7-9-14-11-15(18(4,5)6)12-16(17(14)20)13(3)19-10-8-2/h7,11-12,19-20H,1,3,8-10H2,2,4-6H3. The van der Waals surface area contributed by atoms with E-state index in [0.29, 0.717) is 12.2 Å². The van der Waals surface area contributed by atoms with E-state index < -0.39 is 0 Å². The van der Waals surface area contributed by atoms with Crippen LogP contribution in [0.1, 0.15) is 50.8 Å². The van der Waals surface area contributed by atoms with E-state index in [1.165, 1.54) is 5.56 Å². The lowest BCUT2D eigenvalue weighted by Gasteiger charge is -2.23. The van der Waals surface area contributed by atoms with Crippen LogP contribution in [-0.2, 0) is 11.8 Å². The molecular weight excluding hydrogens is 246 g/mol. The van der Waals surface area contributed by atoms with Crippen molar-refractivity contribution in [1.29, 1.82) is 0 Å². The van der Waals surface area contributed by atoms with Crippen LogP contribution in [0.5, 0.6) is 5.75 Å². The topological polar surface area (TPSA) is 32.3 Å². The Balaban J connectivity index is 3.30. The summed E-state index contributed by atoms with van der Waals surface area (Å²) in [6, 6.07) is 4.10. The van der Waals surface area contributed by atoms with E-state index in [1.54, 1.807) is 0 Å². The average Bonchev–Trinajstić information content (AvgIpc) is 2.37. The largest absolute Gasteiger partial charge is 0.507 e. The SMILES string of the molecule is C=CCc1cc(C(C)(C)C)cc(C(=C)NCCC)c1O. The Morgan fingerprint density at radius 3 is 2.50 bits per heavy atom. The predicted molar refractivity (Wildman–Crippen MR) is 88.0 cm³/mol. The molecule has 110 valence electrons. The van der Waals surface area contributed by atoms with Crippen LogP contribution in [0, 0.1) is 0 Å². The molecule has 2 heteroatoms. The highest BCUT2D eigenvalue weighted by Crippen LogP contribution is 2.34. The van der Waals surface area contributed by atoms with Crippen molar-refractivity contribution in [2.24, 2.45) is 0 Å². The molecule has 0 aliphatic rings. The molecule has 2 nitrogen and oxygen atoms in total. The van der Waals surface area contributed by atoms with Gasteiger partial charge in [-0.15, -0.1) is 6.58 Å². The third-order valence-electron chi connectivity index (χ3n) is 3.33. The second kappa shape index (κ2) is 6.65. The summed E-state index contributed by atoms with van der Waals surface area (Å²) in [5.74, 6) is 0.312. The van der Waals surface area contributed by atoms with Gasteiger partial charge in [-0.2, -0.15) is 0 Å². The first-order chi connectivity index (χ1) is 9.31. The van der Waals surface area contributed by atoms with E-state index in [4.69, 9.17) is 0 Å². The van der Waals surface area contributed by atoms with Crippen molar-refractivity contribution in [3.05, 3.63) is 48.1 Å². The van der Waals surface area contributed by atoms with E-state index in [2.05, 4.69) is 52.2 Å². The number of hydrogen-bond donors (Lipinski definition) is 2. The molecule has 2 N–H and O–H groups in total. The van der Waals surface area contributed by atoms with Crippen molar-refractivity contribution in [2.45, 2.75) is 46.0 Å². The Morgan fingerprint density at radius 1 is 1.35 bits per heavy atom. The van der Waals surface area contributed by atoms with Crippen LogP contribution in [0.15, 0.2) is 31.4 Å². The molecule has 0 aliphatic carbocycles. The molecule has 0 aromatic heterocycles. The number of allylic oxidation sites excluding steroid dienone is 1. The van der Waals surface area contributed by atoms with Crippen molar-refractivity contribution < 1.29 is 5.11 Å². The maximum atomic E-state index is 10.4. The number of aromatic hydroxyl groups is 1. The van der Waals surface area contributed by atoms with Gasteiger partial charge < -0.3 is 10.4 Å². The van der Waals surface area contributed by atoms with Gasteiger partial charge >= 0.3 is 0 Å². The Labute approximate surface area is 123 Å². The maximum Gasteiger partial charge on any atom is 0.128 e. The van der Waals surface area contributed by atoms with Gasteiger partial charge in [0.15, 0.2) is 0 Å². The molecule has 0 atom stereocenters. The normalized spacial score (nSPS) is 11.2. The zero-order valence-electron chi connectivity index (χ0n) is 13.2. The quantitative estimate of drug-likeness (QED) is 0.753. The van der Waals surface area contributed by atoms with Gasteiger partial charge in [0.1, 0.15) is 5.75 Å². The fourth-order valence-corrected chi connectivity index (χ4v) is 2.04. The van der Waals surface area contributed by atoms with E-state index in [9.17, 15) is 5.11 Å². The minimum Gasteiger partial charge on any atom is -0.507 e. The van der Waals surface area contributed by atoms with Gasteiger partial charge in [-0.1, -0.05) is 46.4 Å². The van der Waals surface area contributed by atoms with Crippen molar-refractivity contribution in [2.75, 3.05) is 6.54 Å². The second-order valence-corrected chi connectivity index (χ2v) is 6.18. The van der Waals surface area contributed by atoms with Gasteiger partial charge in [0, 0.05) is 17.8 Å². The summed E-state index contributed by atoms with van der Waals surface area (Å²) in [7, 11) is 0. The second-order valence-electron chi connectivity index (χ2n) is 6.18. The van der Waals surface area contributed by atoms with Crippen molar-refractivity contribution in [1.82, 2.24) is 5.32 Å². The van der Waals surface area contributed by atoms with Crippen LogP contribution in [-0.4, -0.2) is 11.7 Å². The van der Waals surface area contributed by atoms with Gasteiger partial charge in [0.2, 0.25) is 0 Å². The first-order valence-corrected chi connectivity index (χ1v) is 7.21. The number of benzene rings is 1. The highest BCUT2D eigenvalue weighted by Gasteiger charge is 2.19. The molecule has 0 saturated heterocycles. The van der Waals surface area contributed by atoms with Crippen LogP contribution in [0.3, 0.4) is 0 Å². The number of phenolic OH excluding ortho intramolecular Hbond substituents is 1. The van der Waals surface area contributed by atoms with Crippen LogP contribution in [0.4, 0.5) is 0 Å². The molecule has 0 bridgehead atoms. The van der Waals surface area contributed by atoms with Gasteiger partial charge in [-0.3, -0.25) is 0 Å². The Morgan fingerprint density at radius 2 is 2.00 bits per heavy atom. The lowest BCUT2D eigenvalue weighted by Crippen LogP contribution is -2.15. The fraction of sp³-hybridized carbons (Fsp3) is 0.444. The van der Waals surface area contributed by atoms with Crippen LogP contribution < -0.4 is 5.32 Å². The smallest absolute Gasteiger partial charge is 0.128 e. The van der Waals surface area contributed by atoms with Crippen molar-refractivity contribution >= 4 is 5.70 Å². The van der Waals surface area contributed by atoms with E-state index in [1.807, 2.05) is 12.1 Å². The van der Waals surface area contributed by atoms with E-state index in [-0.39, 0.29) is 5.41 Å². The summed E-state index contributed by atoms with van der Waals surface area (Å²) in [4.78, 5) is 0. The first-order valence-electron chi connectivity index (χ1n) is 7.21. The molecule has 0 aliphatic heterocycles. The highest BCUT2D eigenvalue weighted by molar-refractivity contribution is 5.70. The molecule has 1 rings (SSSR count). The zero-order valence-corrected chi connectivity index (χ0v) is 13.2. The molecule has 20 heavy (non-hydrogen) atoms. The summed E-state index contributed by atoms with van der Waals surface area (Å²) in [6.07, 6.45) is 3.50. The van der Waals surface area contributed by atoms with E-state index >= 15 is 0 Å². The molecule has 0 unspecified atom stereocenters. The van der Waals surface area contributed by atoms with Crippen LogP contribution in [0.2, 0.25) is 0 Å². The van der Waals surface area contributed by atoms with Crippen LogP contribution in [0.25, 0.3) is 5.70 Å². The molecule has 0 heterocycles. The van der Waals surface area contributed by atoms with Gasteiger partial charge in [-0.05, 0) is 35.4 Å². The number of phenols is 1. The minimum atomic E-state index is 0.0312. The van der Waals surface area contributed by atoms with E-state index in [0.717, 1.165) is 29.8 Å². The summed E-state index contributed by atoms with van der Waals surface area (Å²) in [5.41, 5.74) is 3.70. The first kappa shape index (κ1) is 16.4. The molecule has 0 saturated carbocycles. The fourth-order valence-electron chi connectivity index (χ4n) is 2.04. The highest BCUT2D eigenvalue weighted by atomic mass is 16.3. The van der Waals surface area contributed by atoms with Gasteiger partial charge in [0.05, 0.1) is 0 Å². The molecule has 0 spiro atoms. The molecule has 1 aromatic rings. The van der Waals surface area contributed by atoms with Crippen LogP contribution >= 0.6 is 0 Å². The Bertz CT molecular complexity index is 495. The summed E-state index contributed by atoms with van der Waals surface area (Å²) >= 11 is 0. The summed E-state index contributed by atoms with van der Waals surface area (Å²) in [6.45, 7) is 17.3. The molecule has 0 fully saturated rings. The lowest BCUT2D eigenvalue weighted by atomic mass is 9.84. The third-order valence-corrected chi connectivity index (χ3v) is 3.33. The predicted octanol–water partition coefficient (Wildman–Crippen LogP) is 4.39. The molecule has 0 radical (unpaired) electrons. The molecule has 1 aromatic carbocycles. The number of hydrogen-bond acceptors (Lipinski definition) is 2. The van der Waals surface area contributed by atoms with Gasteiger partial charge in [0.25, 0.3) is 0 Å². The maximum absolute atomic E-state index is 10.4. The summed E-state index contributed by atoms with van der Waals surface area (Å²) < 4.78 is 0. The monoisotopic (exact) mass is 273 g/mol. The Kier molecular flexibility index (Phi) is 5.43. The zero-order chi connectivity index (χ0) is 15.3. The van der Waals surface area contributed by atoms with Crippen molar-refractivity contribution in [3.63, 3.8) is 0 Å². The molecule has 0 amide bonds. The molecular formula is C18H27NO. The number of nitrogens with one attached hydrogen (secondary N) is 1. The van der Waals surface area contributed by atoms with Gasteiger partial charge in [-0.25, -0.2) is 0 Å². The summed E-state index contributed by atoms with van der Waals surface area (Å²) in [5, 5.41) is 13.7. The number of rotatable bonds is 6.